The molecule has 0 radical (unpaired) electrons. The number of hydrogen-bond donors (Lipinski definition) is 2. The van der Waals surface area contributed by atoms with Gasteiger partial charge in [-0.15, -0.1) is 0 Å². The Morgan fingerprint density at radius 1 is 1.58 bits per heavy atom. The van der Waals surface area contributed by atoms with Gasteiger partial charge in [0.2, 0.25) is 5.13 Å². The zero-order valence-corrected chi connectivity index (χ0v) is 8.06. The molecule has 0 aromatic carbocycles. The van der Waals surface area contributed by atoms with Gasteiger partial charge in [-0.05, 0) is 17.2 Å². The molecular formula is C6H13N5S. The van der Waals surface area contributed by atoms with Crippen molar-refractivity contribution in [2.75, 3.05) is 18.4 Å². The molecule has 6 heteroatoms. The molecule has 1 heterocycles. The maximum atomic E-state index is 5.56. The van der Waals surface area contributed by atoms with Crippen molar-refractivity contribution in [2.45, 2.75) is 13.8 Å². The third-order valence-corrected chi connectivity index (χ3v) is 2.12. The molecule has 68 valence electrons. The average molecular weight is 187 g/mol. The minimum Gasteiger partial charge on any atom is -0.358 e. The molecule has 0 aliphatic carbocycles. The van der Waals surface area contributed by atoms with Crippen molar-refractivity contribution in [3.63, 3.8) is 0 Å². The number of aromatic nitrogens is 3. The number of anilines is 1. The van der Waals surface area contributed by atoms with E-state index in [1.807, 2.05) is 0 Å². The molecule has 0 amide bonds. The van der Waals surface area contributed by atoms with E-state index in [9.17, 15) is 0 Å². The van der Waals surface area contributed by atoms with Gasteiger partial charge in [-0.2, -0.15) is 0 Å². The minimum atomic E-state index is 0.0890. The molecule has 0 bridgehead atoms. The molecule has 3 N–H and O–H groups in total. The third-order valence-electron chi connectivity index (χ3n) is 1.57. The SMILES string of the molecule is CC(C)(CN)CNc1nnns1. The number of nitrogens with zero attached hydrogens (tertiary/aromatic N) is 3. The highest BCUT2D eigenvalue weighted by Gasteiger charge is 2.15. The third kappa shape index (κ3) is 2.71. The van der Waals surface area contributed by atoms with Gasteiger partial charge in [0.25, 0.3) is 0 Å². The first kappa shape index (κ1) is 9.34. The van der Waals surface area contributed by atoms with Crippen LogP contribution in [-0.2, 0) is 0 Å². The summed E-state index contributed by atoms with van der Waals surface area (Å²) in [4.78, 5) is 0. The highest BCUT2D eigenvalue weighted by molar-refractivity contribution is 7.09. The highest BCUT2D eigenvalue weighted by Crippen LogP contribution is 2.14. The molecule has 5 nitrogen and oxygen atoms in total. The first-order valence-electron chi connectivity index (χ1n) is 3.73. The second-order valence-electron chi connectivity index (χ2n) is 3.39. The van der Waals surface area contributed by atoms with E-state index in [2.05, 4.69) is 34.0 Å². The number of hydrogen-bond acceptors (Lipinski definition) is 6. The van der Waals surface area contributed by atoms with Crippen molar-refractivity contribution < 1.29 is 0 Å². The van der Waals surface area contributed by atoms with E-state index in [0.29, 0.717) is 6.54 Å². The Morgan fingerprint density at radius 2 is 2.33 bits per heavy atom. The fourth-order valence-corrected chi connectivity index (χ4v) is 0.949. The molecule has 0 atom stereocenters. The van der Waals surface area contributed by atoms with Gasteiger partial charge in [0, 0.05) is 18.1 Å². The van der Waals surface area contributed by atoms with Crippen LogP contribution in [-0.4, -0.2) is 27.9 Å². The first-order valence-corrected chi connectivity index (χ1v) is 4.50. The number of nitrogens with one attached hydrogen (secondary N) is 1. The number of rotatable bonds is 4. The van der Waals surface area contributed by atoms with Crippen LogP contribution in [0.1, 0.15) is 13.8 Å². The minimum absolute atomic E-state index is 0.0890. The fourth-order valence-electron chi connectivity index (χ4n) is 0.589. The van der Waals surface area contributed by atoms with E-state index in [0.717, 1.165) is 11.7 Å². The molecule has 0 aliphatic heterocycles. The monoisotopic (exact) mass is 187 g/mol. The number of nitrogens with two attached hydrogens (primary N) is 1. The second-order valence-corrected chi connectivity index (χ2v) is 4.12. The summed E-state index contributed by atoms with van der Waals surface area (Å²) in [6.45, 7) is 5.62. The lowest BCUT2D eigenvalue weighted by atomic mass is 9.94. The van der Waals surface area contributed by atoms with Gasteiger partial charge in [0.15, 0.2) is 0 Å². The predicted octanol–water partition coefficient (Wildman–Crippen LogP) is 0.330. The topological polar surface area (TPSA) is 76.7 Å². The Hall–Kier alpha value is -0.750. The van der Waals surface area contributed by atoms with Crippen molar-refractivity contribution >= 4 is 16.7 Å². The van der Waals surface area contributed by atoms with Crippen molar-refractivity contribution in [3.8, 4) is 0 Å². The maximum absolute atomic E-state index is 5.56. The summed E-state index contributed by atoms with van der Waals surface area (Å²) in [6, 6.07) is 0. The van der Waals surface area contributed by atoms with Crippen LogP contribution < -0.4 is 11.1 Å². The summed E-state index contributed by atoms with van der Waals surface area (Å²) >= 11 is 1.25. The van der Waals surface area contributed by atoms with Crippen LogP contribution in [0.4, 0.5) is 5.13 Å². The summed E-state index contributed by atoms with van der Waals surface area (Å²) in [6.07, 6.45) is 0. The Balaban J connectivity index is 2.36. The van der Waals surface area contributed by atoms with E-state index in [1.165, 1.54) is 11.5 Å². The molecule has 1 rings (SSSR count). The maximum Gasteiger partial charge on any atom is 0.225 e. The fraction of sp³-hybridized carbons (Fsp3) is 0.833. The van der Waals surface area contributed by atoms with Gasteiger partial charge in [0.1, 0.15) is 0 Å². The lowest BCUT2D eigenvalue weighted by Crippen LogP contribution is -2.31. The second kappa shape index (κ2) is 3.77. The lowest BCUT2D eigenvalue weighted by molar-refractivity contribution is 0.405. The molecule has 1 aromatic heterocycles. The Kier molecular flexibility index (Phi) is 2.93. The van der Waals surface area contributed by atoms with Crippen LogP contribution in [0.5, 0.6) is 0 Å². The van der Waals surface area contributed by atoms with Crippen LogP contribution in [0.15, 0.2) is 0 Å². The summed E-state index contributed by atoms with van der Waals surface area (Å²) in [7, 11) is 0. The van der Waals surface area contributed by atoms with E-state index < -0.39 is 0 Å². The molecule has 0 spiro atoms. The van der Waals surface area contributed by atoms with Gasteiger partial charge >= 0.3 is 0 Å². The first-order chi connectivity index (χ1) is 5.64. The zero-order chi connectivity index (χ0) is 9.03. The molecule has 0 fully saturated rings. The molecule has 12 heavy (non-hydrogen) atoms. The van der Waals surface area contributed by atoms with Crippen molar-refractivity contribution in [3.05, 3.63) is 0 Å². The smallest absolute Gasteiger partial charge is 0.225 e. The molecule has 0 saturated heterocycles. The molecule has 0 saturated carbocycles. The van der Waals surface area contributed by atoms with Crippen LogP contribution in [0.3, 0.4) is 0 Å². The molecule has 1 aromatic rings. The largest absolute Gasteiger partial charge is 0.358 e. The summed E-state index contributed by atoms with van der Waals surface area (Å²) in [5, 5.41) is 11.1. The van der Waals surface area contributed by atoms with Gasteiger partial charge < -0.3 is 11.1 Å². The van der Waals surface area contributed by atoms with E-state index in [-0.39, 0.29) is 5.41 Å². The van der Waals surface area contributed by atoms with E-state index in [1.54, 1.807) is 0 Å². The van der Waals surface area contributed by atoms with Crippen molar-refractivity contribution in [1.29, 1.82) is 0 Å². The quantitative estimate of drug-likeness (QED) is 0.710. The van der Waals surface area contributed by atoms with Gasteiger partial charge in [-0.1, -0.05) is 23.4 Å². The van der Waals surface area contributed by atoms with Gasteiger partial charge in [-0.3, -0.25) is 0 Å². The molecule has 0 aliphatic rings. The van der Waals surface area contributed by atoms with E-state index >= 15 is 0 Å². The zero-order valence-electron chi connectivity index (χ0n) is 7.24. The highest BCUT2D eigenvalue weighted by atomic mass is 32.1. The summed E-state index contributed by atoms with van der Waals surface area (Å²) in [5.74, 6) is 0. The van der Waals surface area contributed by atoms with Gasteiger partial charge in [-0.25, -0.2) is 0 Å². The van der Waals surface area contributed by atoms with Crippen LogP contribution in [0.2, 0.25) is 0 Å². The van der Waals surface area contributed by atoms with Crippen molar-refractivity contribution in [2.24, 2.45) is 11.1 Å². The van der Waals surface area contributed by atoms with Crippen LogP contribution in [0, 0.1) is 5.41 Å². The van der Waals surface area contributed by atoms with Crippen LogP contribution in [0.25, 0.3) is 0 Å². The lowest BCUT2D eigenvalue weighted by Gasteiger charge is -2.21. The predicted molar refractivity (Wildman–Crippen MR) is 49.0 cm³/mol. The standard InChI is InChI=1S/C6H13N5S/c1-6(2,3-7)4-8-5-9-10-11-12-5/h3-4,7H2,1-2H3,(H,8,9,11). The summed E-state index contributed by atoms with van der Waals surface area (Å²) in [5.41, 5.74) is 5.65. The Bertz CT molecular complexity index is 220. The van der Waals surface area contributed by atoms with Gasteiger partial charge in [0.05, 0.1) is 0 Å². The van der Waals surface area contributed by atoms with E-state index in [4.69, 9.17) is 5.73 Å². The Labute approximate surface area is 75.5 Å². The molecule has 0 unspecified atom stereocenters. The van der Waals surface area contributed by atoms with Crippen molar-refractivity contribution in [1.82, 2.24) is 14.8 Å². The molecular weight excluding hydrogens is 174 g/mol. The average Bonchev–Trinajstić information content (AvgIpc) is 2.53. The van der Waals surface area contributed by atoms with Crippen LogP contribution >= 0.6 is 11.5 Å². The Morgan fingerprint density at radius 3 is 2.83 bits per heavy atom. The summed E-state index contributed by atoms with van der Waals surface area (Å²) < 4.78 is 3.64. The normalized spacial score (nSPS) is 11.6.